The van der Waals surface area contributed by atoms with Gasteiger partial charge in [-0.15, -0.1) is 0 Å². The summed E-state index contributed by atoms with van der Waals surface area (Å²) in [4.78, 5) is 0. The van der Waals surface area contributed by atoms with Gasteiger partial charge in [-0.1, -0.05) is 32.0 Å². The van der Waals surface area contributed by atoms with E-state index in [-0.39, 0.29) is 0 Å². The van der Waals surface area contributed by atoms with Gasteiger partial charge >= 0.3 is 0 Å². The van der Waals surface area contributed by atoms with Gasteiger partial charge in [0.1, 0.15) is 0 Å². The molecule has 0 saturated heterocycles. The third kappa shape index (κ3) is 6.22. The predicted octanol–water partition coefficient (Wildman–Crippen LogP) is 4.02. The Labute approximate surface area is 118 Å². The van der Waals surface area contributed by atoms with Crippen LogP contribution in [0.15, 0.2) is 18.2 Å². The van der Waals surface area contributed by atoms with Crippen molar-refractivity contribution in [3.8, 4) is 0 Å². The first-order valence-electron chi connectivity index (χ1n) is 7.39. The Hall–Kier alpha value is -0.860. The Balaban J connectivity index is 2.23. The molecule has 19 heavy (non-hydrogen) atoms. The van der Waals surface area contributed by atoms with E-state index < -0.39 is 0 Å². The molecule has 0 bridgehead atoms. The molecule has 0 aliphatic heterocycles. The van der Waals surface area contributed by atoms with Crippen molar-refractivity contribution in [2.45, 2.75) is 47.1 Å². The minimum atomic E-state index is 0.382. The van der Waals surface area contributed by atoms with E-state index in [4.69, 9.17) is 4.74 Å². The summed E-state index contributed by atoms with van der Waals surface area (Å²) in [7, 11) is 0. The molecule has 1 rings (SSSR count). The molecule has 2 heteroatoms. The predicted molar refractivity (Wildman–Crippen MR) is 82.6 cm³/mol. The van der Waals surface area contributed by atoms with Gasteiger partial charge in [0.25, 0.3) is 0 Å². The van der Waals surface area contributed by atoms with E-state index in [1.807, 2.05) is 0 Å². The van der Waals surface area contributed by atoms with Crippen LogP contribution in [0.4, 0.5) is 0 Å². The van der Waals surface area contributed by atoms with Crippen LogP contribution in [0.5, 0.6) is 0 Å². The third-order valence-corrected chi connectivity index (χ3v) is 3.57. The molecule has 0 saturated carbocycles. The maximum Gasteiger partial charge on any atom is 0.0591 e. The van der Waals surface area contributed by atoms with Crippen LogP contribution in [0.25, 0.3) is 0 Å². The lowest BCUT2D eigenvalue weighted by molar-refractivity contribution is 0.123. The smallest absolute Gasteiger partial charge is 0.0591 e. The van der Waals surface area contributed by atoms with E-state index in [0.29, 0.717) is 6.04 Å². The number of rotatable bonds is 8. The molecule has 0 fully saturated rings. The van der Waals surface area contributed by atoms with Gasteiger partial charge in [-0.3, -0.25) is 0 Å². The molecule has 0 aliphatic rings. The number of ether oxygens (including phenoxy) is 1. The molecule has 0 spiro atoms. The molecule has 0 amide bonds. The van der Waals surface area contributed by atoms with Crippen LogP contribution < -0.4 is 5.32 Å². The molecule has 1 atom stereocenters. The van der Waals surface area contributed by atoms with Crippen molar-refractivity contribution < 1.29 is 4.74 Å². The van der Waals surface area contributed by atoms with E-state index in [1.165, 1.54) is 16.7 Å². The van der Waals surface area contributed by atoms with Gasteiger partial charge in [-0.2, -0.15) is 0 Å². The number of hydrogen-bond donors (Lipinski definition) is 1. The van der Waals surface area contributed by atoms with E-state index in [1.54, 1.807) is 0 Å². The fourth-order valence-electron chi connectivity index (χ4n) is 1.92. The summed E-state index contributed by atoms with van der Waals surface area (Å²) in [5.41, 5.74) is 4.07. The molecule has 0 heterocycles. The second-order valence-corrected chi connectivity index (χ2v) is 5.81. The van der Waals surface area contributed by atoms with E-state index in [2.05, 4.69) is 58.1 Å². The van der Waals surface area contributed by atoms with Crippen LogP contribution in [-0.2, 0) is 4.74 Å². The van der Waals surface area contributed by atoms with Gasteiger partial charge in [0.2, 0.25) is 0 Å². The molecule has 0 radical (unpaired) electrons. The van der Waals surface area contributed by atoms with Crippen molar-refractivity contribution in [1.29, 1.82) is 0 Å². The van der Waals surface area contributed by atoms with Crippen molar-refractivity contribution in [3.63, 3.8) is 0 Å². The first-order chi connectivity index (χ1) is 9.00. The molecule has 0 aromatic heterocycles. The number of nitrogens with one attached hydrogen (secondary N) is 1. The number of hydrogen-bond acceptors (Lipinski definition) is 2. The summed E-state index contributed by atoms with van der Waals surface area (Å²) >= 11 is 0. The lowest BCUT2D eigenvalue weighted by Crippen LogP contribution is -2.23. The third-order valence-electron chi connectivity index (χ3n) is 3.57. The SMILES string of the molecule is Cc1ccc(C(C)NCCOCCC(C)C)cc1C. The molecule has 108 valence electrons. The lowest BCUT2D eigenvalue weighted by Gasteiger charge is -2.16. The minimum absolute atomic E-state index is 0.382. The van der Waals surface area contributed by atoms with Crippen LogP contribution in [0, 0.1) is 19.8 Å². The summed E-state index contributed by atoms with van der Waals surface area (Å²) in [6.45, 7) is 13.6. The molecular formula is C17H29NO. The molecular weight excluding hydrogens is 234 g/mol. The molecule has 0 aliphatic carbocycles. The van der Waals surface area contributed by atoms with Gasteiger partial charge in [0.05, 0.1) is 6.61 Å². The van der Waals surface area contributed by atoms with Crippen molar-refractivity contribution >= 4 is 0 Å². The summed E-state index contributed by atoms with van der Waals surface area (Å²) < 4.78 is 5.61. The first kappa shape index (κ1) is 16.2. The number of benzene rings is 1. The number of aryl methyl sites for hydroxylation is 2. The van der Waals surface area contributed by atoms with E-state index >= 15 is 0 Å². The fraction of sp³-hybridized carbons (Fsp3) is 0.647. The topological polar surface area (TPSA) is 21.3 Å². The fourth-order valence-corrected chi connectivity index (χ4v) is 1.92. The monoisotopic (exact) mass is 263 g/mol. The summed E-state index contributed by atoms with van der Waals surface area (Å²) in [6.07, 6.45) is 1.15. The lowest BCUT2D eigenvalue weighted by atomic mass is 10.0. The summed E-state index contributed by atoms with van der Waals surface area (Å²) in [5.74, 6) is 0.724. The molecule has 2 nitrogen and oxygen atoms in total. The Morgan fingerprint density at radius 2 is 1.79 bits per heavy atom. The van der Waals surface area contributed by atoms with Crippen molar-refractivity contribution in [1.82, 2.24) is 5.32 Å². The minimum Gasteiger partial charge on any atom is -0.380 e. The molecule has 1 aromatic rings. The largest absolute Gasteiger partial charge is 0.380 e. The van der Waals surface area contributed by atoms with E-state index in [9.17, 15) is 0 Å². The average molecular weight is 263 g/mol. The zero-order chi connectivity index (χ0) is 14.3. The van der Waals surface area contributed by atoms with Gasteiger partial charge in [0, 0.05) is 19.2 Å². The van der Waals surface area contributed by atoms with Gasteiger partial charge in [0.15, 0.2) is 0 Å². The second kappa shape index (κ2) is 8.34. The van der Waals surface area contributed by atoms with Crippen LogP contribution in [0.2, 0.25) is 0 Å². The Kier molecular flexibility index (Phi) is 7.11. The van der Waals surface area contributed by atoms with Gasteiger partial charge in [-0.05, 0) is 49.8 Å². The average Bonchev–Trinajstić information content (AvgIpc) is 2.36. The second-order valence-electron chi connectivity index (χ2n) is 5.81. The highest BCUT2D eigenvalue weighted by Crippen LogP contribution is 2.16. The Morgan fingerprint density at radius 1 is 1.05 bits per heavy atom. The molecule has 1 aromatic carbocycles. The maximum absolute atomic E-state index is 5.61. The highest BCUT2D eigenvalue weighted by atomic mass is 16.5. The normalized spacial score (nSPS) is 12.9. The van der Waals surface area contributed by atoms with Crippen LogP contribution in [0.3, 0.4) is 0 Å². The van der Waals surface area contributed by atoms with Crippen LogP contribution >= 0.6 is 0 Å². The summed E-state index contributed by atoms with van der Waals surface area (Å²) in [5, 5.41) is 3.51. The zero-order valence-corrected chi connectivity index (χ0v) is 13.1. The standard InChI is InChI=1S/C17H29NO/c1-13(2)8-10-19-11-9-18-16(5)17-7-6-14(3)15(4)12-17/h6-7,12-13,16,18H,8-11H2,1-5H3. The molecule has 1 unspecified atom stereocenters. The Morgan fingerprint density at radius 3 is 2.42 bits per heavy atom. The van der Waals surface area contributed by atoms with Gasteiger partial charge < -0.3 is 10.1 Å². The van der Waals surface area contributed by atoms with Crippen molar-refractivity contribution in [2.24, 2.45) is 5.92 Å². The first-order valence-corrected chi connectivity index (χ1v) is 7.39. The molecule has 1 N–H and O–H groups in total. The zero-order valence-electron chi connectivity index (χ0n) is 13.1. The quantitative estimate of drug-likeness (QED) is 0.715. The highest BCUT2D eigenvalue weighted by molar-refractivity contribution is 5.31. The maximum atomic E-state index is 5.61. The van der Waals surface area contributed by atoms with Crippen molar-refractivity contribution in [3.05, 3.63) is 34.9 Å². The van der Waals surface area contributed by atoms with Crippen LogP contribution in [-0.4, -0.2) is 19.8 Å². The highest BCUT2D eigenvalue weighted by Gasteiger charge is 2.05. The van der Waals surface area contributed by atoms with Crippen LogP contribution in [0.1, 0.15) is 49.9 Å². The summed E-state index contributed by atoms with van der Waals surface area (Å²) in [6, 6.07) is 7.06. The van der Waals surface area contributed by atoms with Crippen molar-refractivity contribution in [2.75, 3.05) is 19.8 Å². The van der Waals surface area contributed by atoms with E-state index in [0.717, 1.165) is 32.1 Å². The Bertz CT molecular complexity index is 374. The van der Waals surface area contributed by atoms with Gasteiger partial charge in [-0.25, -0.2) is 0 Å².